The summed E-state index contributed by atoms with van der Waals surface area (Å²) in [6.45, 7) is 3.54. The Labute approximate surface area is 186 Å². The van der Waals surface area contributed by atoms with Gasteiger partial charge in [0.05, 0.1) is 11.5 Å². The smallest absolute Gasteiger partial charge is 0.138 e. The number of anilines is 1. The van der Waals surface area contributed by atoms with Crippen molar-refractivity contribution in [1.29, 1.82) is 0 Å². The number of benzene rings is 2. The fraction of sp³-hybridized carbons (Fsp3) is 0.280. The van der Waals surface area contributed by atoms with Gasteiger partial charge in [0, 0.05) is 31.1 Å². The van der Waals surface area contributed by atoms with E-state index in [2.05, 4.69) is 74.8 Å². The first-order valence-electron chi connectivity index (χ1n) is 10.8. The molecule has 1 aliphatic heterocycles. The van der Waals surface area contributed by atoms with E-state index in [1.807, 2.05) is 6.07 Å². The summed E-state index contributed by atoms with van der Waals surface area (Å²) in [6.07, 6.45) is 3.23. The summed E-state index contributed by atoms with van der Waals surface area (Å²) in [5, 5.41) is 14.4. The molecule has 0 radical (unpaired) electrons. The third-order valence-corrected chi connectivity index (χ3v) is 7.00. The first-order chi connectivity index (χ1) is 15.3. The number of aliphatic hydroxyl groups excluding tert-OH is 1. The van der Waals surface area contributed by atoms with E-state index in [-0.39, 0.29) is 6.10 Å². The van der Waals surface area contributed by atoms with Crippen LogP contribution in [0.25, 0.3) is 20.7 Å². The summed E-state index contributed by atoms with van der Waals surface area (Å²) < 4.78 is 0. The van der Waals surface area contributed by atoms with Crippen molar-refractivity contribution < 1.29 is 5.11 Å². The highest BCUT2D eigenvalue weighted by Gasteiger charge is 2.18. The van der Waals surface area contributed by atoms with Crippen molar-refractivity contribution in [1.82, 2.24) is 14.9 Å². The molecule has 5 rings (SSSR count). The van der Waals surface area contributed by atoms with E-state index in [4.69, 9.17) is 0 Å². The maximum atomic E-state index is 9.77. The van der Waals surface area contributed by atoms with Gasteiger partial charge >= 0.3 is 0 Å². The van der Waals surface area contributed by atoms with Gasteiger partial charge in [0.2, 0.25) is 0 Å². The Balaban J connectivity index is 1.34. The molecule has 0 spiro atoms. The van der Waals surface area contributed by atoms with E-state index in [9.17, 15) is 5.11 Å². The van der Waals surface area contributed by atoms with E-state index in [1.54, 1.807) is 17.7 Å². The second-order valence-corrected chi connectivity index (χ2v) is 9.08. The molecule has 158 valence electrons. The van der Waals surface area contributed by atoms with Crippen LogP contribution in [0.4, 0.5) is 5.82 Å². The Morgan fingerprint density at radius 1 is 0.968 bits per heavy atom. The highest BCUT2D eigenvalue weighted by molar-refractivity contribution is 7.21. The van der Waals surface area contributed by atoms with Crippen molar-refractivity contribution in [3.05, 3.63) is 78.1 Å². The normalized spacial score (nSPS) is 15.4. The average Bonchev–Trinajstić information content (AvgIpc) is 3.26. The van der Waals surface area contributed by atoms with Crippen molar-refractivity contribution in [2.45, 2.75) is 32.0 Å². The van der Waals surface area contributed by atoms with Crippen LogP contribution in [0.2, 0.25) is 0 Å². The van der Waals surface area contributed by atoms with E-state index in [0.717, 1.165) is 55.1 Å². The van der Waals surface area contributed by atoms with Gasteiger partial charge < -0.3 is 10.4 Å². The zero-order valence-electron chi connectivity index (χ0n) is 17.4. The van der Waals surface area contributed by atoms with Gasteiger partial charge in [-0.1, -0.05) is 54.6 Å². The average molecular weight is 431 g/mol. The fourth-order valence-corrected chi connectivity index (χ4v) is 5.13. The van der Waals surface area contributed by atoms with E-state index >= 15 is 0 Å². The van der Waals surface area contributed by atoms with Crippen LogP contribution in [0.1, 0.15) is 24.0 Å². The number of fused-ring (bicyclic) bond motifs is 1. The van der Waals surface area contributed by atoms with Gasteiger partial charge in [-0.05, 0) is 35.6 Å². The fourth-order valence-electron chi connectivity index (χ4n) is 4.12. The molecule has 3 heterocycles. The van der Waals surface area contributed by atoms with Gasteiger partial charge in [0.1, 0.15) is 17.0 Å². The summed E-state index contributed by atoms with van der Waals surface area (Å²) in [6, 6.07) is 21.2. The van der Waals surface area contributed by atoms with Crippen molar-refractivity contribution in [3.63, 3.8) is 0 Å². The molecule has 2 aromatic carbocycles. The minimum atomic E-state index is -0.139. The van der Waals surface area contributed by atoms with E-state index in [0.29, 0.717) is 0 Å². The number of hydrogen-bond donors (Lipinski definition) is 2. The summed E-state index contributed by atoms with van der Waals surface area (Å²) in [5.41, 5.74) is 3.80. The minimum Gasteiger partial charge on any atom is -0.393 e. The van der Waals surface area contributed by atoms with Crippen LogP contribution in [-0.4, -0.2) is 39.2 Å². The first-order valence-corrected chi connectivity index (χ1v) is 11.6. The molecular formula is C25H26N4OS. The molecule has 2 N–H and O–H groups in total. The molecule has 5 nitrogen and oxygen atoms in total. The van der Waals surface area contributed by atoms with Crippen LogP contribution in [0, 0.1) is 0 Å². The lowest BCUT2D eigenvalue weighted by molar-refractivity contribution is 0.0791. The predicted molar refractivity (Wildman–Crippen MR) is 127 cm³/mol. The van der Waals surface area contributed by atoms with Crippen LogP contribution in [-0.2, 0) is 13.1 Å². The van der Waals surface area contributed by atoms with Gasteiger partial charge in [-0.15, -0.1) is 11.3 Å². The molecule has 6 heteroatoms. The molecule has 4 aromatic rings. The largest absolute Gasteiger partial charge is 0.393 e. The Kier molecular flexibility index (Phi) is 5.93. The Morgan fingerprint density at radius 2 is 1.71 bits per heavy atom. The van der Waals surface area contributed by atoms with Crippen LogP contribution in [0.15, 0.2) is 67.0 Å². The summed E-state index contributed by atoms with van der Waals surface area (Å²) in [4.78, 5) is 13.6. The molecule has 1 aliphatic rings. The molecule has 0 unspecified atom stereocenters. The number of aromatic nitrogens is 2. The number of aliphatic hydroxyl groups is 1. The van der Waals surface area contributed by atoms with Crippen molar-refractivity contribution in [3.8, 4) is 10.4 Å². The molecule has 1 fully saturated rings. The maximum Gasteiger partial charge on any atom is 0.138 e. The molecule has 0 bridgehead atoms. The first kappa shape index (κ1) is 20.1. The van der Waals surface area contributed by atoms with Gasteiger partial charge in [0.25, 0.3) is 0 Å². The van der Waals surface area contributed by atoms with Gasteiger partial charge in [-0.3, -0.25) is 4.90 Å². The number of hydrogen-bond acceptors (Lipinski definition) is 6. The third-order valence-electron chi connectivity index (χ3n) is 5.90. The number of nitrogens with zero attached hydrogens (tertiary/aromatic N) is 3. The zero-order valence-corrected chi connectivity index (χ0v) is 18.2. The highest BCUT2D eigenvalue weighted by Crippen LogP contribution is 2.35. The topological polar surface area (TPSA) is 61.3 Å². The Hall–Kier alpha value is -2.80. The molecule has 1 saturated heterocycles. The van der Waals surface area contributed by atoms with Crippen molar-refractivity contribution in [2.75, 3.05) is 18.4 Å². The summed E-state index contributed by atoms with van der Waals surface area (Å²) in [7, 11) is 0. The van der Waals surface area contributed by atoms with E-state index < -0.39 is 0 Å². The lowest BCUT2D eigenvalue weighted by Crippen LogP contribution is -2.35. The van der Waals surface area contributed by atoms with Crippen LogP contribution in [0.5, 0.6) is 0 Å². The Morgan fingerprint density at radius 3 is 2.52 bits per heavy atom. The number of likely N-dealkylation sites (tertiary alicyclic amines) is 1. The van der Waals surface area contributed by atoms with Crippen LogP contribution in [0.3, 0.4) is 0 Å². The number of piperidine rings is 1. The highest BCUT2D eigenvalue weighted by atomic mass is 32.1. The summed E-state index contributed by atoms with van der Waals surface area (Å²) in [5.74, 6) is 0.874. The van der Waals surface area contributed by atoms with Gasteiger partial charge in [0.15, 0.2) is 0 Å². The molecular weight excluding hydrogens is 404 g/mol. The van der Waals surface area contributed by atoms with Crippen molar-refractivity contribution >= 4 is 27.4 Å². The SMILES string of the molecule is OC1CCN(Cc2ccccc2CNc2ncnc3sc(-c4ccccc4)cc23)CC1. The third kappa shape index (κ3) is 4.61. The quantitative estimate of drug-likeness (QED) is 0.454. The predicted octanol–water partition coefficient (Wildman–Crippen LogP) is 4.93. The summed E-state index contributed by atoms with van der Waals surface area (Å²) >= 11 is 1.69. The molecule has 31 heavy (non-hydrogen) atoms. The zero-order chi connectivity index (χ0) is 21.0. The van der Waals surface area contributed by atoms with Crippen molar-refractivity contribution in [2.24, 2.45) is 0 Å². The molecule has 0 saturated carbocycles. The van der Waals surface area contributed by atoms with E-state index in [1.165, 1.54) is 21.6 Å². The Bertz CT molecular complexity index is 1150. The minimum absolute atomic E-state index is 0.139. The van der Waals surface area contributed by atoms with Gasteiger partial charge in [-0.2, -0.15) is 0 Å². The van der Waals surface area contributed by atoms with Crippen LogP contribution >= 0.6 is 11.3 Å². The lowest BCUT2D eigenvalue weighted by Gasteiger charge is -2.30. The number of thiophene rings is 1. The van der Waals surface area contributed by atoms with Gasteiger partial charge in [-0.25, -0.2) is 9.97 Å². The molecule has 0 atom stereocenters. The molecule has 0 amide bonds. The monoisotopic (exact) mass is 430 g/mol. The number of nitrogens with one attached hydrogen (secondary N) is 1. The van der Waals surface area contributed by atoms with Crippen LogP contribution < -0.4 is 5.32 Å². The standard InChI is InChI=1S/C25H26N4OS/c30-21-10-12-29(13-11-21)16-20-9-5-4-8-19(20)15-26-24-22-14-23(18-6-2-1-3-7-18)31-25(22)28-17-27-24/h1-9,14,17,21,30H,10-13,15-16H2,(H,26,27,28). The lowest BCUT2D eigenvalue weighted by atomic mass is 10.0. The number of rotatable bonds is 6. The second-order valence-electron chi connectivity index (χ2n) is 8.05. The molecule has 0 aliphatic carbocycles. The second kappa shape index (κ2) is 9.14. The maximum absolute atomic E-state index is 9.77. The molecule has 2 aromatic heterocycles.